The average molecular weight is 422 g/mol. The van der Waals surface area contributed by atoms with Crippen LogP contribution >= 0.6 is 0 Å². The van der Waals surface area contributed by atoms with E-state index >= 15 is 0 Å². The van der Waals surface area contributed by atoms with Gasteiger partial charge in [0.15, 0.2) is 0 Å². The third-order valence-corrected chi connectivity index (χ3v) is 5.40. The fourth-order valence-corrected chi connectivity index (χ4v) is 3.83. The molecule has 156 valence electrons. The minimum absolute atomic E-state index is 0.115. The van der Waals surface area contributed by atoms with E-state index in [2.05, 4.69) is 10.5 Å². The SMILES string of the molecule is COc1ccc2ccccc2c1/C=N/NC(=O)c1cc2c(ccc3ccccc32)oc1=O. The topological polar surface area (TPSA) is 80.9 Å². The predicted octanol–water partition coefficient (Wildman–Crippen LogP) is 4.87. The van der Waals surface area contributed by atoms with Crippen LogP contribution in [0.25, 0.3) is 32.5 Å². The molecule has 6 nitrogen and oxygen atoms in total. The minimum atomic E-state index is -0.719. The number of hydrogen-bond donors (Lipinski definition) is 1. The maximum absolute atomic E-state index is 12.7. The zero-order valence-electron chi connectivity index (χ0n) is 17.2. The summed E-state index contributed by atoms with van der Waals surface area (Å²) >= 11 is 0. The van der Waals surface area contributed by atoms with Gasteiger partial charge in [-0.1, -0.05) is 60.7 Å². The Bertz CT molecular complexity index is 1580. The van der Waals surface area contributed by atoms with Crippen molar-refractivity contribution in [3.05, 3.63) is 100 Å². The first-order chi connectivity index (χ1) is 15.7. The molecule has 0 aliphatic carbocycles. The lowest BCUT2D eigenvalue weighted by Crippen LogP contribution is -2.24. The summed E-state index contributed by atoms with van der Waals surface area (Å²) in [6.07, 6.45) is 1.51. The van der Waals surface area contributed by atoms with Gasteiger partial charge < -0.3 is 9.15 Å². The molecule has 5 aromatic rings. The first-order valence-electron chi connectivity index (χ1n) is 10.0. The molecule has 0 saturated carbocycles. The highest BCUT2D eigenvalue weighted by atomic mass is 16.5. The zero-order chi connectivity index (χ0) is 22.1. The van der Waals surface area contributed by atoms with Crippen LogP contribution in [0.3, 0.4) is 0 Å². The van der Waals surface area contributed by atoms with Crippen LogP contribution in [0.2, 0.25) is 0 Å². The van der Waals surface area contributed by atoms with Crippen LogP contribution in [-0.4, -0.2) is 19.2 Å². The molecule has 0 spiro atoms. The number of nitrogens with one attached hydrogen (secondary N) is 1. The standard InChI is InChI=1S/C26H18N2O4/c1-31-23-12-10-17-7-3-5-9-19(17)22(23)15-27-28-25(29)21-14-20-18-8-4-2-6-16(18)11-13-24(20)32-26(21)30/h2-15H,1H3,(H,28,29)/b27-15+. The van der Waals surface area contributed by atoms with Gasteiger partial charge in [-0.05, 0) is 39.7 Å². The summed E-state index contributed by atoms with van der Waals surface area (Å²) in [5.74, 6) is -0.0255. The summed E-state index contributed by atoms with van der Waals surface area (Å²) in [7, 11) is 1.57. The molecule has 1 N–H and O–H groups in total. The lowest BCUT2D eigenvalue weighted by molar-refractivity contribution is 0.0951. The van der Waals surface area contributed by atoms with Gasteiger partial charge in [0.2, 0.25) is 0 Å². The molecule has 0 aliphatic heterocycles. The van der Waals surface area contributed by atoms with Gasteiger partial charge in [-0.3, -0.25) is 4.79 Å². The van der Waals surface area contributed by atoms with E-state index in [1.165, 1.54) is 6.21 Å². The largest absolute Gasteiger partial charge is 0.496 e. The van der Waals surface area contributed by atoms with Gasteiger partial charge >= 0.3 is 5.63 Å². The Hall–Kier alpha value is -4.45. The fraction of sp³-hybridized carbons (Fsp3) is 0.0385. The van der Waals surface area contributed by atoms with Crippen molar-refractivity contribution in [1.29, 1.82) is 0 Å². The first kappa shape index (κ1) is 19.5. The number of rotatable bonds is 4. The fourth-order valence-electron chi connectivity index (χ4n) is 3.83. The molecule has 0 atom stereocenters. The Kier molecular flexibility index (Phi) is 4.88. The number of ether oxygens (including phenoxy) is 1. The van der Waals surface area contributed by atoms with Gasteiger partial charge in [-0.25, -0.2) is 10.2 Å². The van der Waals surface area contributed by atoms with Crippen molar-refractivity contribution in [2.45, 2.75) is 0 Å². The van der Waals surface area contributed by atoms with E-state index < -0.39 is 11.5 Å². The van der Waals surface area contributed by atoms with Gasteiger partial charge in [0.05, 0.1) is 13.3 Å². The average Bonchev–Trinajstić information content (AvgIpc) is 2.83. The van der Waals surface area contributed by atoms with Gasteiger partial charge in [-0.2, -0.15) is 5.10 Å². The summed E-state index contributed by atoms with van der Waals surface area (Å²) in [6, 6.07) is 24.4. The summed E-state index contributed by atoms with van der Waals surface area (Å²) in [4.78, 5) is 25.2. The van der Waals surface area contributed by atoms with E-state index in [0.717, 1.165) is 27.1 Å². The van der Waals surface area contributed by atoms with Gasteiger partial charge in [0.1, 0.15) is 16.9 Å². The van der Waals surface area contributed by atoms with Crippen molar-refractivity contribution in [2.24, 2.45) is 5.10 Å². The molecular weight excluding hydrogens is 404 g/mol. The molecule has 0 saturated heterocycles. The molecule has 1 heterocycles. The van der Waals surface area contributed by atoms with E-state index in [1.54, 1.807) is 19.2 Å². The van der Waals surface area contributed by atoms with Crippen molar-refractivity contribution in [3.8, 4) is 5.75 Å². The number of carbonyl (C=O) groups is 1. The zero-order valence-corrected chi connectivity index (χ0v) is 17.2. The van der Waals surface area contributed by atoms with E-state index in [-0.39, 0.29) is 5.56 Å². The molecule has 5 rings (SSSR count). The highest BCUT2D eigenvalue weighted by molar-refractivity contribution is 6.08. The summed E-state index contributed by atoms with van der Waals surface area (Å²) in [5.41, 5.74) is 2.75. The van der Waals surface area contributed by atoms with Crippen LogP contribution < -0.4 is 15.8 Å². The Labute approximate surface area is 182 Å². The molecule has 1 aromatic heterocycles. The summed E-state index contributed by atoms with van der Waals surface area (Å²) in [6.45, 7) is 0. The van der Waals surface area contributed by atoms with Crippen molar-refractivity contribution in [1.82, 2.24) is 5.43 Å². The highest BCUT2D eigenvalue weighted by Crippen LogP contribution is 2.27. The maximum atomic E-state index is 12.7. The molecule has 32 heavy (non-hydrogen) atoms. The van der Waals surface area contributed by atoms with E-state index in [4.69, 9.17) is 9.15 Å². The molecule has 0 fully saturated rings. The molecule has 0 bridgehead atoms. The second-order valence-corrected chi connectivity index (χ2v) is 7.25. The van der Waals surface area contributed by atoms with E-state index in [0.29, 0.717) is 16.7 Å². The molecule has 0 radical (unpaired) electrons. The number of nitrogens with zero attached hydrogens (tertiary/aromatic N) is 1. The predicted molar refractivity (Wildman–Crippen MR) is 126 cm³/mol. The summed E-state index contributed by atoms with van der Waals surface area (Å²) in [5, 5.41) is 8.59. The molecule has 6 heteroatoms. The lowest BCUT2D eigenvalue weighted by Gasteiger charge is -2.08. The molecule has 0 unspecified atom stereocenters. The quantitative estimate of drug-likeness (QED) is 0.194. The Morgan fingerprint density at radius 1 is 0.906 bits per heavy atom. The van der Waals surface area contributed by atoms with Gasteiger partial charge in [0, 0.05) is 10.9 Å². The van der Waals surface area contributed by atoms with Crippen LogP contribution in [-0.2, 0) is 0 Å². The normalized spacial score (nSPS) is 11.4. The molecule has 4 aromatic carbocycles. The minimum Gasteiger partial charge on any atom is -0.496 e. The van der Waals surface area contributed by atoms with Crippen LogP contribution in [0.1, 0.15) is 15.9 Å². The van der Waals surface area contributed by atoms with Crippen molar-refractivity contribution in [3.63, 3.8) is 0 Å². The van der Waals surface area contributed by atoms with E-state index in [9.17, 15) is 9.59 Å². The number of fused-ring (bicyclic) bond motifs is 4. The first-order valence-corrected chi connectivity index (χ1v) is 10.0. The number of amides is 1. The number of carbonyl (C=O) groups excluding carboxylic acids is 1. The monoisotopic (exact) mass is 422 g/mol. The number of benzene rings is 4. The smallest absolute Gasteiger partial charge is 0.349 e. The van der Waals surface area contributed by atoms with Crippen molar-refractivity contribution in [2.75, 3.05) is 7.11 Å². The second kappa shape index (κ2) is 8.00. The maximum Gasteiger partial charge on any atom is 0.349 e. The molecule has 1 amide bonds. The van der Waals surface area contributed by atoms with Crippen LogP contribution in [0.15, 0.2) is 93.2 Å². The van der Waals surface area contributed by atoms with Crippen LogP contribution in [0, 0.1) is 0 Å². The number of hydrazone groups is 1. The Balaban J connectivity index is 1.50. The highest BCUT2D eigenvalue weighted by Gasteiger charge is 2.15. The van der Waals surface area contributed by atoms with Crippen LogP contribution in [0.4, 0.5) is 0 Å². The molecular formula is C26H18N2O4. The van der Waals surface area contributed by atoms with E-state index in [1.807, 2.05) is 66.7 Å². The second-order valence-electron chi connectivity index (χ2n) is 7.25. The van der Waals surface area contributed by atoms with Crippen molar-refractivity contribution >= 4 is 44.6 Å². The van der Waals surface area contributed by atoms with Gasteiger partial charge in [-0.15, -0.1) is 0 Å². The third-order valence-electron chi connectivity index (χ3n) is 5.40. The molecule has 0 aliphatic rings. The van der Waals surface area contributed by atoms with Gasteiger partial charge in [0.25, 0.3) is 5.91 Å². The summed E-state index contributed by atoms with van der Waals surface area (Å²) < 4.78 is 10.8. The third kappa shape index (κ3) is 3.37. The van der Waals surface area contributed by atoms with Crippen LogP contribution in [0.5, 0.6) is 5.75 Å². The number of hydrogen-bond acceptors (Lipinski definition) is 5. The number of methoxy groups -OCH3 is 1. The Morgan fingerprint density at radius 2 is 1.59 bits per heavy atom. The van der Waals surface area contributed by atoms with Crippen molar-refractivity contribution < 1.29 is 13.9 Å². The lowest BCUT2D eigenvalue weighted by atomic mass is 10.0. The Morgan fingerprint density at radius 3 is 2.38 bits per heavy atom.